The Balaban J connectivity index is 1.89. The molecule has 0 aliphatic rings. The van der Waals surface area contributed by atoms with Crippen molar-refractivity contribution < 1.29 is 14.6 Å². The molecule has 0 unspecified atom stereocenters. The van der Waals surface area contributed by atoms with Crippen LogP contribution in [0.4, 0.5) is 0 Å². The maximum atomic E-state index is 13.3. The Labute approximate surface area is 205 Å². The monoisotopic (exact) mass is 486 g/mol. The maximum absolute atomic E-state index is 13.3. The SMILES string of the molecule is COCCn1cnc2c1c(=O)n(C[C@H](O)COc1ccc(C(C)(C)C)cc1C)c(=O)n2CC(C)C. The first kappa shape index (κ1) is 26.7. The number of aliphatic hydroxyl groups is 1. The van der Waals surface area contributed by atoms with Crippen molar-refractivity contribution in [2.75, 3.05) is 20.3 Å². The van der Waals surface area contributed by atoms with Crippen molar-refractivity contribution >= 4 is 11.2 Å². The summed E-state index contributed by atoms with van der Waals surface area (Å²) in [5.74, 6) is 0.827. The van der Waals surface area contributed by atoms with Crippen molar-refractivity contribution in [1.29, 1.82) is 0 Å². The number of aliphatic hydroxyl groups excluding tert-OH is 1. The van der Waals surface area contributed by atoms with Gasteiger partial charge in [0.1, 0.15) is 18.5 Å². The fourth-order valence-electron chi connectivity index (χ4n) is 4.02. The van der Waals surface area contributed by atoms with Crippen molar-refractivity contribution in [1.82, 2.24) is 18.7 Å². The second kappa shape index (κ2) is 10.8. The second-order valence-corrected chi connectivity index (χ2v) is 10.5. The van der Waals surface area contributed by atoms with Crippen LogP contribution in [0, 0.1) is 12.8 Å². The van der Waals surface area contributed by atoms with Crippen LogP contribution < -0.4 is 16.0 Å². The summed E-state index contributed by atoms with van der Waals surface area (Å²) in [5.41, 5.74) is 1.88. The van der Waals surface area contributed by atoms with Crippen LogP contribution in [-0.4, -0.2) is 50.2 Å². The molecule has 35 heavy (non-hydrogen) atoms. The molecular weight excluding hydrogens is 448 g/mol. The molecule has 1 N–H and O–H groups in total. The number of aryl methyl sites for hydroxylation is 1. The lowest BCUT2D eigenvalue weighted by molar-refractivity contribution is 0.0897. The molecule has 3 rings (SSSR count). The lowest BCUT2D eigenvalue weighted by Crippen LogP contribution is -2.44. The highest BCUT2D eigenvalue weighted by Gasteiger charge is 2.21. The van der Waals surface area contributed by atoms with Crippen molar-refractivity contribution in [2.24, 2.45) is 5.92 Å². The molecule has 0 saturated heterocycles. The third-order valence-corrected chi connectivity index (χ3v) is 5.93. The van der Waals surface area contributed by atoms with E-state index in [0.717, 1.165) is 10.1 Å². The van der Waals surface area contributed by atoms with E-state index in [2.05, 4.69) is 31.8 Å². The summed E-state index contributed by atoms with van der Waals surface area (Å²) in [6.45, 7) is 13.4. The molecule has 0 aliphatic heterocycles. The molecule has 0 saturated carbocycles. The molecule has 9 nitrogen and oxygen atoms in total. The van der Waals surface area contributed by atoms with E-state index in [-0.39, 0.29) is 24.5 Å². The van der Waals surface area contributed by atoms with Crippen LogP contribution >= 0.6 is 0 Å². The van der Waals surface area contributed by atoms with Crippen molar-refractivity contribution in [3.8, 4) is 5.75 Å². The van der Waals surface area contributed by atoms with Crippen LogP contribution in [-0.2, 0) is 29.8 Å². The summed E-state index contributed by atoms with van der Waals surface area (Å²) in [7, 11) is 1.58. The third kappa shape index (κ3) is 6.02. The molecule has 192 valence electrons. The van der Waals surface area contributed by atoms with Crippen LogP contribution in [0.1, 0.15) is 45.7 Å². The van der Waals surface area contributed by atoms with Gasteiger partial charge in [-0.3, -0.25) is 13.9 Å². The predicted octanol–water partition coefficient (Wildman–Crippen LogP) is 2.71. The van der Waals surface area contributed by atoms with Crippen LogP contribution in [0.15, 0.2) is 34.1 Å². The van der Waals surface area contributed by atoms with E-state index >= 15 is 0 Å². The van der Waals surface area contributed by atoms with E-state index in [1.807, 2.05) is 32.9 Å². The Morgan fingerprint density at radius 2 is 1.83 bits per heavy atom. The minimum Gasteiger partial charge on any atom is -0.491 e. The first-order valence-corrected chi connectivity index (χ1v) is 12.0. The zero-order valence-electron chi connectivity index (χ0n) is 21.9. The van der Waals surface area contributed by atoms with Gasteiger partial charge in [0.2, 0.25) is 0 Å². The Morgan fingerprint density at radius 3 is 2.43 bits per heavy atom. The Bertz CT molecular complexity index is 1280. The smallest absolute Gasteiger partial charge is 0.332 e. The van der Waals surface area contributed by atoms with Gasteiger partial charge in [0.05, 0.1) is 19.5 Å². The van der Waals surface area contributed by atoms with Gasteiger partial charge in [-0.2, -0.15) is 0 Å². The van der Waals surface area contributed by atoms with Crippen molar-refractivity contribution in [3.63, 3.8) is 0 Å². The molecule has 9 heteroatoms. The summed E-state index contributed by atoms with van der Waals surface area (Å²) >= 11 is 0. The van der Waals surface area contributed by atoms with Gasteiger partial charge in [-0.1, -0.05) is 46.8 Å². The summed E-state index contributed by atoms with van der Waals surface area (Å²) < 4.78 is 15.3. The molecular formula is C26H38N4O5. The largest absolute Gasteiger partial charge is 0.491 e. The molecule has 0 fully saturated rings. The van der Waals surface area contributed by atoms with Crippen LogP contribution in [0.5, 0.6) is 5.75 Å². The quantitative estimate of drug-likeness (QED) is 0.473. The molecule has 1 aromatic carbocycles. The third-order valence-electron chi connectivity index (χ3n) is 5.93. The molecule has 2 aromatic heterocycles. The topological polar surface area (TPSA) is 101 Å². The van der Waals surface area contributed by atoms with Crippen LogP contribution in [0.25, 0.3) is 11.2 Å². The molecule has 2 heterocycles. The maximum Gasteiger partial charge on any atom is 0.332 e. The standard InChI is InChI=1S/C26H38N4O5/c1-17(2)13-29-23-22(28(16-27-23)10-11-34-7)24(32)30(25(29)33)14-20(31)15-35-21-9-8-19(12-18(21)3)26(4,5)6/h8-9,12,16-17,20,31H,10-11,13-15H2,1-7H3/t20-/m0/s1. The van der Waals surface area contributed by atoms with Gasteiger partial charge in [-0.15, -0.1) is 0 Å². The molecule has 0 amide bonds. The van der Waals surface area contributed by atoms with Crippen molar-refractivity contribution in [3.05, 3.63) is 56.5 Å². The number of rotatable bonds is 10. The van der Waals surface area contributed by atoms with E-state index in [1.54, 1.807) is 18.0 Å². The lowest BCUT2D eigenvalue weighted by Gasteiger charge is -2.21. The number of hydrogen-bond donors (Lipinski definition) is 1. The van der Waals surface area contributed by atoms with E-state index in [0.29, 0.717) is 36.6 Å². The zero-order chi connectivity index (χ0) is 25.9. The zero-order valence-corrected chi connectivity index (χ0v) is 21.9. The molecule has 3 aromatic rings. The van der Waals surface area contributed by atoms with E-state index in [9.17, 15) is 14.7 Å². The highest BCUT2D eigenvalue weighted by molar-refractivity contribution is 5.70. The molecule has 0 spiro atoms. The fourth-order valence-corrected chi connectivity index (χ4v) is 4.02. The molecule has 1 atom stereocenters. The van der Waals surface area contributed by atoms with Gasteiger partial charge in [0.15, 0.2) is 11.2 Å². The van der Waals surface area contributed by atoms with Crippen molar-refractivity contribution in [2.45, 2.75) is 72.7 Å². The van der Waals surface area contributed by atoms with Gasteiger partial charge < -0.3 is 19.1 Å². The highest BCUT2D eigenvalue weighted by Crippen LogP contribution is 2.27. The van der Waals surface area contributed by atoms with Gasteiger partial charge in [0.25, 0.3) is 5.56 Å². The number of benzene rings is 1. The average molecular weight is 487 g/mol. The number of fused-ring (bicyclic) bond motifs is 1. The first-order chi connectivity index (χ1) is 16.4. The highest BCUT2D eigenvalue weighted by atomic mass is 16.5. The fraction of sp³-hybridized carbons (Fsp3) is 0.577. The minimum absolute atomic E-state index is 0.0221. The van der Waals surface area contributed by atoms with E-state index < -0.39 is 17.4 Å². The van der Waals surface area contributed by atoms with Crippen LogP contribution in [0.2, 0.25) is 0 Å². The summed E-state index contributed by atoms with van der Waals surface area (Å²) in [5, 5.41) is 10.7. The predicted molar refractivity (Wildman–Crippen MR) is 136 cm³/mol. The minimum atomic E-state index is -1.05. The molecule has 0 bridgehead atoms. The number of methoxy groups -OCH3 is 1. The number of aromatic nitrogens is 4. The van der Waals surface area contributed by atoms with Gasteiger partial charge in [-0.05, 0) is 35.4 Å². The Hall–Kier alpha value is -2.91. The number of ether oxygens (including phenoxy) is 2. The number of nitrogens with zero attached hydrogens (tertiary/aromatic N) is 4. The molecule has 0 aliphatic carbocycles. The van der Waals surface area contributed by atoms with Crippen LogP contribution in [0.3, 0.4) is 0 Å². The summed E-state index contributed by atoms with van der Waals surface area (Å²) in [6.07, 6.45) is 0.498. The van der Waals surface area contributed by atoms with E-state index in [1.165, 1.54) is 10.1 Å². The Morgan fingerprint density at radius 1 is 1.11 bits per heavy atom. The summed E-state index contributed by atoms with van der Waals surface area (Å²) in [4.78, 5) is 30.9. The number of hydrogen-bond acceptors (Lipinski definition) is 6. The molecule has 0 radical (unpaired) electrons. The van der Waals surface area contributed by atoms with Gasteiger partial charge >= 0.3 is 5.69 Å². The summed E-state index contributed by atoms with van der Waals surface area (Å²) in [6, 6.07) is 5.98. The second-order valence-electron chi connectivity index (χ2n) is 10.5. The Kier molecular flexibility index (Phi) is 8.22. The lowest BCUT2D eigenvalue weighted by atomic mass is 9.86. The normalized spacial score (nSPS) is 13.1. The van der Waals surface area contributed by atoms with Gasteiger partial charge in [-0.25, -0.2) is 9.78 Å². The number of imidazole rings is 1. The van der Waals surface area contributed by atoms with Gasteiger partial charge in [0, 0.05) is 20.2 Å². The average Bonchev–Trinajstić information content (AvgIpc) is 3.20. The first-order valence-electron chi connectivity index (χ1n) is 12.0. The van der Waals surface area contributed by atoms with E-state index in [4.69, 9.17) is 9.47 Å².